The second-order valence-electron chi connectivity index (χ2n) is 9.21. The van der Waals surface area contributed by atoms with E-state index in [-0.39, 0.29) is 36.0 Å². The first-order valence-corrected chi connectivity index (χ1v) is 14.2. The molecule has 0 aliphatic carbocycles. The van der Waals surface area contributed by atoms with Crippen LogP contribution in [-0.4, -0.2) is 65.8 Å². The maximum Gasteiger partial charge on any atom is 0.268 e. The van der Waals surface area contributed by atoms with Crippen LogP contribution in [0.4, 0.5) is 0 Å². The molecule has 196 valence electrons. The summed E-state index contributed by atoms with van der Waals surface area (Å²) in [5, 5.41) is 2.65. The van der Waals surface area contributed by atoms with E-state index < -0.39 is 39.2 Å². The molecule has 0 bridgehead atoms. The Kier molecular flexibility index (Phi) is 8.32. The van der Waals surface area contributed by atoms with Gasteiger partial charge in [-0.05, 0) is 37.0 Å². The number of ketones is 1. The standard InChI is InChI=1S/C26H30N4O6S/c1-2-20(23(32)26-29-24-21(36-26)11-8-12-27-24)28-25(33)19(15-22(31)30-13-6-7-14-30)17-37(34,35)16-18-9-4-3-5-10-18/h3-5,8-12,19-20H,2,6-7,13-17H2,1H3,(H,28,33)/t19?,20-/m0/s1. The Morgan fingerprint density at radius 1 is 1.08 bits per heavy atom. The second kappa shape index (κ2) is 11.6. The van der Waals surface area contributed by atoms with E-state index in [9.17, 15) is 22.8 Å². The number of rotatable bonds is 11. The fourth-order valence-electron chi connectivity index (χ4n) is 4.39. The van der Waals surface area contributed by atoms with Gasteiger partial charge in [0.15, 0.2) is 21.1 Å². The number of fused-ring (bicyclic) bond motifs is 1. The number of hydrogen-bond donors (Lipinski definition) is 1. The Labute approximate surface area is 215 Å². The average Bonchev–Trinajstić information content (AvgIpc) is 3.57. The SMILES string of the molecule is CC[C@H](NC(=O)C(CC(=O)N1CCCC1)CS(=O)(=O)Cc1ccccc1)C(=O)c1nc2ncccc2o1. The number of Topliss-reactive ketones (excluding diaryl/α,β-unsaturated/α-hetero) is 1. The molecule has 0 radical (unpaired) electrons. The monoisotopic (exact) mass is 526 g/mol. The Morgan fingerprint density at radius 3 is 2.49 bits per heavy atom. The summed E-state index contributed by atoms with van der Waals surface area (Å²) in [4.78, 5) is 49.1. The van der Waals surface area contributed by atoms with Crippen molar-refractivity contribution in [3.05, 3.63) is 60.1 Å². The van der Waals surface area contributed by atoms with Crippen molar-refractivity contribution in [3.63, 3.8) is 0 Å². The van der Waals surface area contributed by atoms with Gasteiger partial charge in [0.25, 0.3) is 5.89 Å². The topological polar surface area (TPSA) is 140 Å². The highest BCUT2D eigenvalue weighted by Crippen LogP contribution is 2.19. The minimum absolute atomic E-state index is 0.192. The molecule has 1 saturated heterocycles. The van der Waals surface area contributed by atoms with Crippen LogP contribution in [0.5, 0.6) is 0 Å². The third kappa shape index (κ3) is 6.79. The third-order valence-electron chi connectivity index (χ3n) is 6.35. The zero-order chi connectivity index (χ0) is 26.4. The lowest BCUT2D eigenvalue weighted by Gasteiger charge is -2.23. The van der Waals surface area contributed by atoms with Crippen LogP contribution < -0.4 is 5.32 Å². The molecular formula is C26H30N4O6S. The van der Waals surface area contributed by atoms with Crippen LogP contribution in [0.15, 0.2) is 53.1 Å². The molecule has 37 heavy (non-hydrogen) atoms. The quantitative estimate of drug-likeness (QED) is 0.376. The number of carbonyl (C=O) groups is 3. The molecule has 2 amide bonds. The lowest BCUT2D eigenvalue weighted by Crippen LogP contribution is -2.46. The molecule has 1 aliphatic heterocycles. The highest BCUT2D eigenvalue weighted by Gasteiger charge is 2.33. The van der Waals surface area contributed by atoms with Crippen molar-refractivity contribution in [2.24, 2.45) is 5.92 Å². The van der Waals surface area contributed by atoms with Gasteiger partial charge in [0.2, 0.25) is 17.6 Å². The summed E-state index contributed by atoms with van der Waals surface area (Å²) >= 11 is 0. The number of amides is 2. The van der Waals surface area contributed by atoms with Crippen molar-refractivity contribution in [1.29, 1.82) is 0 Å². The summed E-state index contributed by atoms with van der Waals surface area (Å²) in [6.45, 7) is 2.89. The van der Waals surface area contributed by atoms with E-state index in [1.54, 1.807) is 54.3 Å². The number of sulfone groups is 1. The fourth-order valence-corrected chi connectivity index (χ4v) is 6.09. The van der Waals surface area contributed by atoms with Crippen LogP contribution in [-0.2, 0) is 25.2 Å². The van der Waals surface area contributed by atoms with Crippen molar-refractivity contribution in [2.45, 2.75) is 44.4 Å². The zero-order valence-corrected chi connectivity index (χ0v) is 21.4. The molecule has 1 aliphatic rings. The number of benzene rings is 1. The van der Waals surface area contributed by atoms with E-state index in [0.29, 0.717) is 24.2 Å². The summed E-state index contributed by atoms with van der Waals surface area (Å²) < 4.78 is 31.6. The summed E-state index contributed by atoms with van der Waals surface area (Å²) in [6, 6.07) is 10.9. The van der Waals surface area contributed by atoms with Crippen LogP contribution in [0.25, 0.3) is 11.2 Å². The number of hydrogen-bond acceptors (Lipinski definition) is 8. The van der Waals surface area contributed by atoms with Crippen molar-refractivity contribution in [1.82, 2.24) is 20.2 Å². The van der Waals surface area contributed by atoms with E-state index >= 15 is 0 Å². The van der Waals surface area contributed by atoms with Gasteiger partial charge in [-0.15, -0.1) is 0 Å². The van der Waals surface area contributed by atoms with E-state index in [1.807, 2.05) is 0 Å². The summed E-state index contributed by atoms with van der Waals surface area (Å²) in [5.74, 6) is -3.58. The first kappa shape index (κ1) is 26.5. The molecule has 4 rings (SSSR count). The lowest BCUT2D eigenvalue weighted by atomic mass is 10.0. The largest absolute Gasteiger partial charge is 0.432 e. The van der Waals surface area contributed by atoms with Gasteiger partial charge in [0, 0.05) is 25.7 Å². The molecule has 0 spiro atoms. The van der Waals surface area contributed by atoms with Crippen LogP contribution >= 0.6 is 0 Å². The molecule has 1 unspecified atom stereocenters. The van der Waals surface area contributed by atoms with E-state index in [0.717, 1.165) is 12.8 Å². The number of oxazole rings is 1. The average molecular weight is 527 g/mol. The van der Waals surface area contributed by atoms with E-state index in [2.05, 4.69) is 15.3 Å². The number of nitrogens with one attached hydrogen (secondary N) is 1. The maximum atomic E-state index is 13.3. The first-order chi connectivity index (χ1) is 17.8. The van der Waals surface area contributed by atoms with Crippen molar-refractivity contribution < 1.29 is 27.2 Å². The molecule has 3 heterocycles. The van der Waals surface area contributed by atoms with Crippen LogP contribution in [0.1, 0.15) is 48.9 Å². The molecular weight excluding hydrogens is 496 g/mol. The van der Waals surface area contributed by atoms with Gasteiger partial charge < -0.3 is 14.6 Å². The number of aromatic nitrogens is 2. The summed E-state index contributed by atoms with van der Waals surface area (Å²) in [6.07, 6.45) is 3.25. The molecule has 1 fully saturated rings. The van der Waals surface area contributed by atoms with Crippen LogP contribution in [0, 0.1) is 5.92 Å². The van der Waals surface area contributed by atoms with Gasteiger partial charge in [-0.3, -0.25) is 14.4 Å². The molecule has 2 atom stereocenters. The van der Waals surface area contributed by atoms with E-state index in [1.165, 1.54) is 6.20 Å². The van der Waals surface area contributed by atoms with Crippen LogP contribution in [0.2, 0.25) is 0 Å². The van der Waals surface area contributed by atoms with Crippen LogP contribution in [0.3, 0.4) is 0 Å². The number of carbonyl (C=O) groups excluding carboxylic acids is 3. The Hall–Kier alpha value is -3.60. The Balaban J connectivity index is 1.51. The molecule has 1 aromatic carbocycles. The van der Waals surface area contributed by atoms with E-state index in [4.69, 9.17) is 4.42 Å². The summed E-state index contributed by atoms with van der Waals surface area (Å²) in [7, 11) is -3.74. The second-order valence-corrected chi connectivity index (χ2v) is 11.3. The third-order valence-corrected chi connectivity index (χ3v) is 8.04. The molecule has 3 aromatic rings. The predicted octanol–water partition coefficient (Wildman–Crippen LogP) is 2.54. The minimum Gasteiger partial charge on any atom is -0.432 e. The number of likely N-dealkylation sites (tertiary alicyclic amines) is 1. The Bertz CT molecular complexity index is 1330. The van der Waals surface area contributed by atoms with Gasteiger partial charge in [0.05, 0.1) is 23.5 Å². The lowest BCUT2D eigenvalue weighted by molar-refractivity contribution is -0.135. The van der Waals surface area contributed by atoms with Crippen molar-refractivity contribution >= 4 is 38.7 Å². The summed E-state index contributed by atoms with van der Waals surface area (Å²) in [5.41, 5.74) is 1.21. The van der Waals surface area contributed by atoms with Crippen molar-refractivity contribution in [3.8, 4) is 0 Å². The molecule has 11 heteroatoms. The van der Waals surface area contributed by atoms with Gasteiger partial charge >= 0.3 is 0 Å². The van der Waals surface area contributed by atoms with Crippen molar-refractivity contribution in [2.75, 3.05) is 18.8 Å². The van der Waals surface area contributed by atoms with Gasteiger partial charge in [0.1, 0.15) is 0 Å². The zero-order valence-electron chi connectivity index (χ0n) is 20.6. The predicted molar refractivity (Wildman–Crippen MR) is 136 cm³/mol. The smallest absolute Gasteiger partial charge is 0.268 e. The van der Waals surface area contributed by atoms with Gasteiger partial charge in [-0.25, -0.2) is 13.4 Å². The first-order valence-electron chi connectivity index (χ1n) is 12.3. The van der Waals surface area contributed by atoms with Gasteiger partial charge in [-0.1, -0.05) is 37.3 Å². The number of pyridine rings is 1. The minimum atomic E-state index is -3.74. The maximum absolute atomic E-state index is 13.3. The fraction of sp³-hybridized carbons (Fsp3) is 0.423. The molecule has 2 aromatic heterocycles. The highest BCUT2D eigenvalue weighted by atomic mass is 32.2. The normalized spacial score (nSPS) is 15.4. The van der Waals surface area contributed by atoms with Gasteiger partial charge in [-0.2, -0.15) is 4.98 Å². The molecule has 10 nitrogen and oxygen atoms in total. The molecule has 0 saturated carbocycles. The molecule has 1 N–H and O–H groups in total. The Morgan fingerprint density at radius 2 is 1.81 bits per heavy atom. The highest BCUT2D eigenvalue weighted by molar-refractivity contribution is 7.90. The number of nitrogens with zero attached hydrogens (tertiary/aromatic N) is 3.